The van der Waals surface area contributed by atoms with Crippen LogP contribution in [0.3, 0.4) is 0 Å². The summed E-state index contributed by atoms with van der Waals surface area (Å²) in [5, 5.41) is 0.469. The highest BCUT2D eigenvalue weighted by molar-refractivity contribution is 6.29. The molecule has 0 fully saturated rings. The van der Waals surface area contributed by atoms with Crippen LogP contribution >= 0.6 is 11.6 Å². The number of imidazole rings is 1. The first kappa shape index (κ1) is 9.98. The summed E-state index contributed by atoms with van der Waals surface area (Å²) < 4.78 is 6.51. The number of aromatic nitrogens is 2. The van der Waals surface area contributed by atoms with Crippen LogP contribution < -0.4 is 0 Å². The third-order valence-corrected chi connectivity index (χ3v) is 2.25. The number of hydrogen-bond acceptors (Lipinski definition) is 3. The van der Waals surface area contributed by atoms with Crippen LogP contribution in [0.4, 0.5) is 0 Å². The molecule has 2 heterocycles. The lowest BCUT2D eigenvalue weighted by atomic mass is 10.3. The minimum absolute atomic E-state index is 0.356. The van der Waals surface area contributed by atoms with Crippen LogP contribution in [-0.2, 0) is 4.74 Å². The number of fused-ring (bicyclic) bond motifs is 1. The highest BCUT2D eigenvalue weighted by Gasteiger charge is 2.08. The Morgan fingerprint density at radius 2 is 2.40 bits per heavy atom. The number of rotatable bonds is 2. The molecule has 0 aliphatic rings. The number of carbonyl (C=O) groups is 1. The highest BCUT2D eigenvalue weighted by atomic mass is 35.5. The second-order valence-corrected chi connectivity index (χ2v) is 3.33. The minimum atomic E-state index is -0.357. The maximum Gasteiger partial charge on any atom is 0.339 e. The fourth-order valence-electron chi connectivity index (χ4n) is 1.29. The van der Waals surface area contributed by atoms with E-state index in [9.17, 15) is 4.79 Å². The second-order valence-electron chi connectivity index (χ2n) is 2.95. The molecule has 0 bridgehead atoms. The van der Waals surface area contributed by atoms with Gasteiger partial charge in [0.05, 0.1) is 18.4 Å². The molecular weight excluding hydrogens is 216 g/mol. The summed E-state index contributed by atoms with van der Waals surface area (Å²) in [6.45, 7) is 2.12. The number of nitrogens with zero attached hydrogens (tertiary/aromatic N) is 2. The van der Waals surface area contributed by atoms with Crippen molar-refractivity contribution in [3.8, 4) is 0 Å². The minimum Gasteiger partial charge on any atom is -0.462 e. The molecule has 0 N–H and O–H groups in total. The van der Waals surface area contributed by atoms with Crippen molar-refractivity contribution < 1.29 is 9.53 Å². The lowest BCUT2D eigenvalue weighted by Gasteiger charge is -2.02. The van der Waals surface area contributed by atoms with Crippen LogP contribution in [0.25, 0.3) is 5.65 Å². The largest absolute Gasteiger partial charge is 0.462 e. The normalized spacial score (nSPS) is 10.5. The fraction of sp³-hybridized carbons (Fsp3) is 0.200. The first-order valence-corrected chi connectivity index (χ1v) is 4.90. The highest BCUT2D eigenvalue weighted by Crippen LogP contribution is 2.13. The SMILES string of the molecule is CCOC(=O)c1ccc2ncc(Cl)n2c1. The zero-order chi connectivity index (χ0) is 10.8. The maximum absolute atomic E-state index is 11.4. The molecule has 0 amide bonds. The molecule has 2 rings (SSSR count). The molecule has 0 atom stereocenters. The van der Waals surface area contributed by atoms with Gasteiger partial charge in [0.2, 0.25) is 0 Å². The molecule has 0 unspecified atom stereocenters. The molecule has 0 saturated carbocycles. The predicted molar refractivity (Wildman–Crippen MR) is 56.2 cm³/mol. The van der Waals surface area contributed by atoms with Crippen molar-refractivity contribution in [3.05, 3.63) is 35.2 Å². The summed E-state index contributed by atoms with van der Waals surface area (Å²) in [4.78, 5) is 15.5. The Kier molecular flexibility index (Phi) is 2.60. The quantitative estimate of drug-likeness (QED) is 0.735. The van der Waals surface area contributed by atoms with E-state index in [2.05, 4.69) is 4.98 Å². The van der Waals surface area contributed by atoms with Gasteiger partial charge in [0.1, 0.15) is 10.8 Å². The Hall–Kier alpha value is -1.55. The number of halogens is 1. The van der Waals surface area contributed by atoms with Gasteiger partial charge in [-0.05, 0) is 19.1 Å². The molecule has 0 aromatic carbocycles. The molecule has 2 aromatic rings. The van der Waals surface area contributed by atoms with Crippen LogP contribution in [0, 0.1) is 0 Å². The van der Waals surface area contributed by atoms with Gasteiger partial charge >= 0.3 is 5.97 Å². The van der Waals surface area contributed by atoms with Crippen LogP contribution in [0.15, 0.2) is 24.5 Å². The number of carbonyl (C=O) groups excluding carboxylic acids is 1. The van der Waals surface area contributed by atoms with E-state index >= 15 is 0 Å². The van der Waals surface area contributed by atoms with E-state index in [0.29, 0.717) is 23.0 Å². The zero-order valence-corrected chi connectivity index (χ0v) is 8.86. The molecule has 4 nitrogen and oxygen atoms in total. The molecule has 0 spiro atoms. The van der Waals surface area contributed by atoms with Crippen molar-refractivity contribution in [2.24, 2.45) is 0 Å². The van der Waals surface area contributed by atoms with Crippen molar-refractivity contribution in [2.75, 3.05) is 6.61 Å². The van der Waals surface area contributed by atoms with Gasteiger partial charge in [0, 0.05) is 6.20 Å². The summed E-state index contributed by atoms with van der Waals surface area (Å²) in [5.41, 5.74) is 1.16. The summed E-state index contributed by atoms with van der Waals surface area (Å²) in [6.07, 6.45) is 3.15. The van der Waals surface area contributed by atoms with Crippen molar-refractivity contribution >= 4 is 23.2 Å². The average Bonchev–Trinajstić information content (AvgIpc) is 2.60. The summed E-state index contributed by atoms with van der Waals surface area (Å²) >= 11 is 5.87. The van der Waals surface area contributed by atoms with Crippen LogP contribution in [0.1, 0.15) is 17.3 Å². The average molecular weight is 225 g/mol. The first-order chi connectivity index (χ1) is 7.22. The van der Waals surface area contributed by atoms with Crippen LogP contribution in [-0.4, -0.2) is 22.0 Å². The van der Waals surface area contributed by atoms with Crippen LogP contribution in [0.2, 0.25) is 5.15 Å². The van der Waals surface area contributed by atoms with Gasteiger partial charge in [0.25, 0.3) is 0 Å². The third-order valence-electron chi connectivity index (χ3n) is 1.97. The summed E-state index contributed by atoms with van der Waals surface area (Å²) in [7, 11) is 0. The standard InChI is InChI=1S/C10H9ClN2O2/c1-2-15-10(14)7-3-4-9-12-5-8(11)13(9)6-7/h3-6H,2H2,1H3. The van der Waals surface area contributed by atoms with Crippen LogP contribution in [0.5, 0.6) is 0 Å². The predicted octanol–water partition coefficient (Wildman–Crippen LogP) is 2.16. The Labute approximate surface area is 91.4 Å². The van der Waals surface area contributed by atoms with Crippen molar-refractivity contribution in [2.45, 2.75) is 6.92 Å². The van der Waals surface area contributed by atoms with E-state index in [-0.39, 0.29) is 5.97 Å². The van der Waals surface area contributed by atoms with Crippen molar-refractivity contribution in [3.63, 3.8) is 0 Å². The van der Waals surface area contributed by atoms with E-state index in [1.165, 1.54) is 6.20 Å². The van der Waals surface area contributed by atoms with Crippen molar-refractivity contribution in [1.82, 2.24) is 9.38 Å². The number of hydrogen-bond donors (Lipinski definition) is 0. The summed E-state index contributed by atoms with van der Waals surface area (Å²) in [5.74, 6) is -0.357. The molecule has 2 aromatic heterocycles. The Morgan fingerprint density at radius 1 is 1.60 bits per heavy atom. The monoisotopic (exact) mass is 224 g/mol. The van der Waals surface area contributed by atoms with E-state index in [1.807, 2.05) is 0 Å². The van der Waals surface area contributed by atoms with Crippen molar-refractivity contribution in [1.29, 1.82) is 0 Å². The Balaban J connectivity index is 2.45. The second kappa shape index (κ2) is 3.90. The van der Waals surface area contributed by atoms with Gasteiger partial charge < -0.3 is 4.74 Å². The topological polar surface area (TPSA) is 43.6 Å². The van der Waals surface area contributed by atoms with E-state index < -0.39 is 0 Å². The lowest BCUT2D eigenvalue weighted by molar-refractivity contribution is 0.0526. The molecule has 78 valence electrons. The first-order valence-electron chi connectivity index (χ1n) is 4.52. The van der Waals surface area contributed by atoms with E-state index in [4.69, 9.17) is 16.3 Å². The van der Waals surface area contributed by atoms with Gasteiger partial charge in [-0.1, -0.05) is 11.6 Å². The van der Waals surface area contributed by atoms with E-state index in [0.717, 1.165) is 0 Å². The Bertz CT molecular complexity index is 507. The maximum atomic E-state index is 11.4. The molecule has 0 saturated heterocycles. The smallest absolute Gasteiger partial charge is 0.339 e. The Morgan fingerprint density at radius 3 is 3.13 bits per heavy atom. The number of pyridine rings is 1. The lowest BCUT2D eigenvalue weighted by Crippen LogP contribution is -2.05. The van der Waals surface area contributed by atoms with E-state index in [1.54, 1.807) is 29.7 Å². The molecule has 5 heteroatoms. The summed E-state index contributed by atoms with van der Waals surface area (Å²) in [6, 6.07) is 3.38. The van der Waals surface area contributed by atoms with Gasteiger partial charge in [-0.15, -0.1) is 0 Å². The van der Waals surface area contributed by atoms with Gasteiger partial charge in [-0.3, -0.25) is 4.40 Å². The number of esters is 1. The third kappa shape index (κ3) is 1.80. The van der Waals surface area contributed by atoms with Gasteiger partial charge in [0.15, 0.2) is 0 Å². The van der Waals surface area contributed by atoms with Gasteiger partial charge in [-0.2, -0.15) is 0 Å². The molecule has 0 aliphatic heterocycles. The molecular formula is C10H9ClN2O2. The molecule has 15 heavy (non-hydrogen) atoms. The van der Waals surface area contributed by atoms with Gasteiger partial charge in [-0.25, -0.2) is 9.78 Å². The number of ether oxygens (including phenoxy) is 1. The zero-order valence-electron chi connectivity index (χ0n) is 8.11. The molecule has 0 aliphatic carbocycles. The fourth-order valence-corrected chi connectivity index (χ4v) is 1.47. The molecule has 0 radical (unpaired) electrons.